The smallest absolute Gasteiger partial charge is 0.117 e. The van der Waals surface area contributed by atoms with Crippen molar-refractivity contribution in [2.75, 3.05) is 18.1 Å². The van der Waals surface area contributed by atoms with E-state index in [0.29, 0.717) is 0 Å². The molecule has 1 saturated heterocycles. The maximum Gasteiger partial charge on any atom is 0.117 e. The van der Waals surface area contributed by atoms with E-state index in [1.807, 2.05) is 11.3 Å². The third kappa shape index (κ3) is 6.10. The zero-order valence-electron chi connectivity index (χ0n) is 12.9. The van der Waals surface area contributed by atoms with Gasteiger partial charge in [-0.1, -0.05) is 0 Å². The van der Waals surface area contributed by atoms with Crippen LogP contribution in [0.25, 0.3) is 0 Å². The van der Waals surface area contributed by atoms with Crippen LogP contribution in [0.4, 0.5) is 0 Å². The number of thioether (sulfide) groups is 1. The zero-order chi connectivity index (χ0) is 14.4. The molecule has 1 N–H and O–H groups in total. The molecule has 0 spiro atoms. The Kier molecular flexibility index (Phi) is 6.30. The Morgan fingerprint density at radius 3 is 2.55 bits per heavy atom. The Hall–Kier alpha value is -0.130. The van der Waals surface area contributed by atoms with Crippen molar-refractivity contribution in [3.8, 4) is 0 Å². The van der Waals surface area contributed by atoms with E-state index in [0.717, 1.165) is 31.7 Å². The number of hydrogen-bond acceptors (Lipinski definition) is 5. The van der Waals surface area contributed by atoms with E-state index in [4.69, 9.17) is 0 Å². The van der Waals surface area contributed by atoms with Gasteiger partial charge in [0.1, 0.15) is 10.0 Å². The normalized spacial score (nSPS) is 17.6. The van der Waals surface area contributed by atoms with Crippen LogP contribution in [0.15, 0.2) is 0 Å². The molecule has 0 aliphatic carbocycles. The topological polar surface area (TPSA) is 37.8 Å². The predicted molar refractivity (Wildman–Crippen MR) is 89.7 cm³/mol. The number of nitrogens with zero attached hydrogens (tertiary/aromatic N) is 2. The van der Waals surface area contributed by atoms with Crippen LogP contribution in [-0.2, 0) is 12.8 Å². The molecule has 0 atom stereocenters. The molecule has 2 rings (SSSR count). The molecule has 0 unspecified atom stereocenters. The summed E-state index contributed by atoms with van der Waals surface area (Å²) in [6.07, 6.45) is 6.07. The van der Waals surface area contributed by atoms with E-state index in [1.54, 1.807) is 0 Å². The SMILES string of the molecule is CC(C)(C)NCCCc1nnc(CC2CCSCC2)s1. The summed E-state index contributed by atoms with van der Waals surface area (Å²) < 4.78 is 0. The Balaban J connectivity index is 1.69. The maximum absolute atomic E-state index is 4.38. The first-order valence-electron chi connectivity index (χ1n) is 7.67. The molecule has 5 heteroatoms. The minimum Gasteiger partial charge on any atom is -0.312 e. The van der Waals surface area contributed by atoms with Crippen molar-refractivity contribution in [2.24, 2.45) is 5.92 Å². The Morgan fingerprint density at radius 1 is 1.15 bits per heavy atom. The minimum absolute atomic E-state index is 0.214. The highest BCUT2D eigenvalue weighted by molar-refractivity contribution is 7.99. The fourth-order valence-corrected chi connectivity index (χ4v) is 4.58. The third-order valence-corrected chi connectivity index (χ3v) is 5.59. The van der Waals surface area contributed by atoms with Crippen LogP contribution in [0, 0.1) is 5.92 Å². The van der Waals surface area contributed by atoms with Crippen LogP contribution >= 0.6 is 23.1 Å². The van der Waals surface area contributed by atoms with Crippen LogP contribution in [0.1, 0.15) is 50.0 Å². The van der Waals surface area contributed by atoms with Crippen molar-refractivity contribution in [1.29, 1.82) is 0 Å². The molecule has 0 radical (unpaired) electrons. The summed E-state index contributed by atoms with van der Waals surface area (Å²) >= 11 is 3.92. The van der Waals surface area contributed by atoms with Crippen molar-refractivity contribution in [3.05, 3.63) is 10.0 Å². The van der Waals surface area contributed by atoms with Gasteiger partial charge in [0, 0.05) is 18.4 Å². The molecule has 0 aromatic carbocycles. The summed E-state index contributed by atoms with van der Waals surface area (Å²) in [5.41, 5.74) is 0.214. The molecule has 1 aromatic rings. The predicted octanol–water partition coefficient (Wildman–Crippen LogP) is 3.54. The van der Waals surface area contributed by atoms with Crippen LogP contribution in [-0.4, -0.2) is 33.8 Å². The van der Waals surface area contributed by atoms with Crippen molar-refractivity contribution in [3.63, 3.8) is 0 Å². The molecular weight excluding hydrogens is 286 g/mol. The highest BCUT2D eigenvalue weighted by atomic mass is 32.2. The quantitative estimate of drug-likeness (QED) is 0.815. The lowest BCUT2D eigenvalue weighted by atomic mass is 9.99. The molecule has 0 bridgehead atoms. The van der Waals surface area contributed by atoms with Gasteiger partial charge in [-0.3, -0.25) is 0 Å². The van der Waals surface area contributed by atoms with Gasteiger partial charge >= 0.3 is 0 Å². The van der Waals surface area contributed by atoms with E-state index < -0.39 is 0 Å². The molecule has 0 saturated carbocycles. The fraction of sp³-hybridized carbons (Fsp3) is 0.867. The first kappa shape index (κ1) is 16.2. The number of nitrogens with one attached hydrogen (secondary N) is 1. The first-order chi connectivity index (χ1) is 9.53. The van der Waals surface area contributed by atoms with Crippen molar-refractivity contribution in [1.82, 2.24) is 15.5 Å². The average Bonchev–Trinajstić information content (AvgIpc) is 2.82. The molecule has 1 aliphatic rings. The van der Waals surface area contributed by atoms with E-state index in [2.05, 4.69) is 48.0 Å². The highest BCUT2D eigenvalue weighted by Crippen LogP contribution is 2.27. The monoisotopic (exact) mass is 313 g/mol. The van der Waals surface area contributed by atoms with Gasteiger partial charge in [-0.25, -0.2) is 0 Å². The first-order valence-corrected chi connectivity index (χ1v) is 9.64. The molecular formula is C15H27N3S2. The lowest BCUT2D eigenvalue weighted by molar-refractivity contribution is 0.422. The van der Waals surface area contributed by atoms with Crippen LogP contribution in [0.2, 0.25) is 0 Å². The summed E-state index contributed by atoms with van der Waals surface area (Å²) in [5.74, 6) is 3.50. The Labute approximate surface area is 131 Å². The van der Waals surface area contributed by atoms with Gasteiger partial charge < -0.3 is 5.32 Å². The zero-order valence-corrected chi connectivity index (χ0v) is 14.6. The van der Waals surface area contributed by atoms with E-state index in [-0.39, 0.29) is 5.54 Å². The Bertz CT molecular complexity index is 392. The second-order valence-corrected chi connectivity index (χ2v) is 9.00. The standard InChI is InChI=1S/C15H27N3S2/c1-15(2,3)16-8-4-5-13-17-18-14(20-13)11-12-6-9-19-10-7-12/h12,16H,4-11H2,1-3H3. The molecule has 20 heavy (non-hydrogen) atoms. The van der Waals surface area contributed by atoms with Gasteiger partial charge in [-0.05, 0) is 64.0 Å². The lowest BCUT2D eigenvalue weighted by Crippen LogP contribution is -2.36. The summed E-state index contributed by atoms with van der Waals surface area (Å²) in [6.45, 7) is 7.67. The van der Waals surface area contributed by atoms with Crippen molar-refractivity contribution >= 4 is 23.1 Å². The summed E-state index contributed by atoms with van der Waals surface area (Å²) in [7, 11) is 0. The molecule has 2 heterocycles. The van der Waals surface area contributed by atoms with Gasteiger partial charge in [0.25, 0.3) is 0 Å². The minimum atomic E-state index is 0.214. The molecule has 0 amide bonds. The van der Waals surface area contributed by atoms with Crippen molar-refractivity contribution in [2.45, 2.75) is 58.4 Å². The second kappa shape index (κ2) is 7.76. The molecule has 1 aromatic heterocycles. The third-order valence-electron chi connectivity index (χ3n) is 3.54. The van der Waals surface area contributed by atoms with E-state index in [9.17, 15) is 0 Å². The summed E-state index contributed by atoms with van der Waals surface area (Å²) in [6, 6.07) is 0. The number of aryl methyl sites for hydroxylation is 1. The number of hydrogen-bond donors (Lipinski definition) is 1. The van der Waals surface area contributed by atoms with Crippen LogP contribution in [0.3, 0.4) is 0 Å². The largest absolute Gasteiger partial charge is 0.312 e. The highest BCUT2D eigenvalue weighted by Gasteiger charge is 2.16. The number of rotatable bonds is 6. The van der Waals surface area contributed by atoms with Crippen LogP contribution in [0.5, 0.6) is 0 Å². The molecule has 1 fully saturated rings. The Morgan fingerprint density at radius 2 is 1.85 bits per heavy atom. The van der Waals surface area contributed by atoms with E-state index in [1.165, 1.54) is 34.4 Å². The molecule has 1 aliphatic heterocycles. The van der Waals surface area contributed by atoms with Gasteiger partial charge in [-0.15, -0.1) is 21.5 Å². The van der Waals surface area contributed by atoms with Gasteiger partial charge in [-0.2, -0.15) is 11.8 Å². The van der Waals surface area contributed by atoms with Crippen molar-refractivity contribution < 1.29 is 0 Å². The average molecular weight is 314 g/mol. The van der Waals surface area contributed by atoms with Gasteiger partial charge in [0.2, 0.25) is 0 Å². The number of aromatic nitrogens is 2. The van der Waals surface area contributed by atoms with E-state index >= 15 is 0 Å². The summed E-state index contributed by atoms with van der Waals surface area (Å²) in [5, 5.41) is 14.7. The van der Waals surface area contributed by atoms with Crippen LogP contribution < -0.4 is 5.32 Å². The second-order valence-electron chi connectivity index (χ2n) is 6.63. The van der Waals surface area contributed by atoms with Gasteiger partial charge in [0.05, 0.1) is 0 Å². The maximum atomic E-state index is 4.38. The van der Waals surface area contributed by atoms with Gasteiger partial charge in [0.15, 0.2) is 0 Å². The fourth-order valence-electron chi connectivity index (χ4n) is 2.37. The molecule has 114 valence electrons. The lowest BCUT2D eigenvalue weighted by Gasteiger charge is -2.20. The summed E-state index contributed by atoms with van der Waals surface area (Å²) in [4.78, 5) is 0. The molecule has 3 nitrogen and oxygen atoms in total.